The summed E-state index contributed by atoms with van der Waals surface area (Å²) >= 11 is 5.87. The highest BCUT2D eigenvalue weighted by Gasteiger charge is 2.12. The Labute approximate surface area is 114 Å². The van der Waals surface area contributed by atoms with Gasteiger partial charge in [0.2, 0.25) is 5.88 Å². The van der Waals surface area contributed by atoms with Crippen molar-refractivity contribution in [2.75, 3.05) is 12.8 Å². The quantitative estimate of drug-likeness (QED) is 0.877. The van der Waals surface area contributed by atoms with Crippen molar-refractivity contribution >= 4 is 17.3 Å². The highest BCUT2D eigenvalue weighted by Crippen LogP contribution is 2.31. The summed E-state index contributed by atoms with van der Waals surface area (Å²) in [6, 6.07) is 2.72. The Morgan fingerprint density at radius 1 is 1.37 bits per heavy atom. The van der Waals surface area contributed by atoms with E-state index in [0.29, 0.717) is 11.3 Å². The Balaban J connectivity index is 2.38. The van der Waals surface area contributed by atoms with Crippen molar-refractivity contribution in [1.29, 1.82) is 0 Å². The van der Waals surface area contributed by atoms with Gasteiger partial charge in [-0.05, 0) is 18.6 Å². The molecule has 2 rings (SSSR count). The van der Waals surface area contributed by atoms with E-state index >= 15 is 0 Å². The highest BCUT2D eigenvalue weighted by atomic mass is 35.5. The minimum absolute atomic E-state index is 0.0107. The largest absolute Gasteiger partial charge is 0.467 e. The summed E-state index contributed by atoms with van der Waals surface area (Å²) < 4.78 is 23.9. The lowest BCUT2D eigenvalue weighted by molar-refractivity contribution is 0.362. The van der Waals surface area contributed by atoms with Crippen LogP contribution in [0.1, 0.15) is 5.56 Å². The van der Waals surface area contributed by atoms with Crippen LogP contribution >= 0.6 is 11.6 Å². The molecule has 0 fully saturated rings. The molecule has 7 heteroatoms. The maximum atomic E-state index is 13.7. The second kappa shape index (κ2) is 5.27. The van der Waals surface area contributed by atoms with Crippen LogP contribution in [0.3, 0.4) is 0 Å². The maximum Gasteiger partial charge on any atom is 0.319 e. The summed E-state index contributed by atoms with van der Waals surface area (Å²) in [4.78, 5) is 7.69. The molecule has 1 heterocycles. The van der Waals surface area contributed by atoms with Gasteiger partial charge in [0, 0.05) is 11.8 Å². The van der Waals surface area contributed by atoms with Crippen molar-refractivity contribution in [3.63, 3.8) is 0 Å². The van der Waals surface area contributed by atoms with Gasteiger partial charge in [-0.3, -0.25) is 0 Å². The van der Waals surface area contributed by atoms with Gasteiger partial charge in [-0.25, -0.2) is 9.37 Å². The van der Waals surface area contributed by atoms with E-state index in [-0.39, 0.29) is 22.7 Å². The van der Waals surface area contributed by atoms with E-state index < -0.39 is 5.82 Å². The van der Waals surface area contributed by atoms with Gasteiger partial charge in [0.1, 0.15) is 5.02 Å². The molecule has 0 saturated carbocycles. The second-order valence-corrected chi connectivity index (χ2v) is 4.16. The smallest absolute Gasteiger partial charge is 0.319 e. The standard InChI is InChI=1S/C12H11ClFN3O2/c1-6-3-10(8(14)4-9(6)15)19-11-7(13)5-16-12(17-11)18-2/h3-5H,15H2,1-2H3. The fourth-order valence-corrected chi connectivity index (χ4v) is 1.49. The highest BCUT2D eigenvalue weighted by molar-refractivity contribution is 6.31. The molecule has 1 aromatic carbocycles. The topological polar surface area (TPSA) is 70.3 Å². The Morgan fingerprint density at radius 3 is 2.79 bits per heavy atom. The first-order valence-corrected chi connectivity index (χ1v) is 5.69. The number of nitrogen functional groups attached to an aromatic ring is 1. The molecule has 0 saturated heterocycles. The fraction of sp³-hybridized carbons (Fsp3) is 0.167. The number of methoxy groups -OCH3 is 1. The minimum atomic E-state index is -0.600. The summed E-state index contributed by atoms with van der Waals surface area (Å²) in [6.07, 6.45) is 1.31. The van der Waals surface area contributed by atoms with Gasteiger partial charge in [-0.1, -0.05) is 11.6 Å². The lowest BCUT2D eigenvalue weighted by Crippen LogP contribution is -1.98. The van der Waals surface area contributed by atoms with Crippen LogP contribution in [0, 0.1) is 12.7 Å². The van der Waals surface area contributed by atoms with Gasteiger partial charge >= 0.3 is 6.01 Å². The SMILES string of the molecule is COc1ncc(Cl)c(Oc2cc(C)c(N)cc2F)n1. The first-order chi connectivity index (χ1) is 9.01. The van der Waals surface area contributed by atoms with E-state index in [0.717, 1.165) is 0 Å². The number of halogens is 2. The summed E-state index contributed by atoms with van der Waals surface area (Å²) in [5, 5.41) is 0.148. The van der Waals surface area contributed by atoms with E-state index in [1.807, 2.05) is 0 Å². The molecular weight excluding hydrogens is 273 g/mol. The number of anilines is 1. The predicted molar refractivity (Wildman–Crippen MR) is 69.2 cm³/mol. The maximum absolute atomic E-state index is 13.7. The Hall–Kier alpha value is -2.08. The van der Waals surface area contributed by atoms with Gasteiger partial charge in [0.05, 0.1) is 13.3 Å². The van der Waals surface area contributed by atoms with Crippen LogP contribution in [0.5, 0.6) is 17.6 Å². The van der Waals surface area contributed by atoms with E-state index in [1.54, 1.807) is 6.92 Å². The number of hydrogen-bond donors (Lipinski definition) is 1. The van der Waals surface area contributed by atoms with Crippen LogP contribution in [-0.4, -0.2) is 17.1 Å². The molecule has 0 amide bonds. The molecule has 1 aromatic heterocycles. The number of nitrogens with two attached hydrogens (primary N) is 1. The molecule has 0 radical (unpaired) electrons. The lowest BCUT2D eigenvalue weighted by Gasteiger charge is -2.10. The van der Waals surface area contributed by atoms with Crippen molar-refractivity contribution in [3.8, 4) is 17.6 Å². The zero-order chi connectivity index (χ0) is 14.0. The monoisotopic (exact) mass is 283 g/mol. The number of aromatic nitrogens is 2. The van der Waals surface area contributed by atoms with Gasteiger partial charge in [0.15, 0.2) is 11.6 Å². The van der Waals surface area contributed by atoms with Crippen molar-refractivity contribution in [3.05, 3.63) is 34.7 Å². The van der Waals surface area contributed by atoms with E-state index in [9.17, 15) is 4.39 Å². The van der Waals surface area contributed by atoms with E-state index in [4.69, 9.17) is 26.8 Å². The second-order valence-electron chi connectivity index (χ2n) is 3.75. The zero-order valence-corrected chi connectivity index (χ0v) is 11.0. The Morgan fingerprint density at radius 2 is 2.11 bits per heavy atom. The first-order valence-electron chi connectivity index (χ1n) is 5.31. The van der Waals surface area contributed by atoms with Crippen LogP contribution in [0.2, 0.25) is 5.02 Å². The normalized spacial score (nSPS) is 10.3. The molecule has 2 N–H and O–H groups in total. The van der Waals surface area contributed by atoms with Crippen LogP contribution in [0.4, 0.5) is 10.1 Å². The van der Waals surface area contributed by atoms with E-state index in [2.05, 4.69) is 9.97 Å². The molecule has 0 atom stereocenters. The molecular formula is C12H11ClFN3O2. The van der Waals surface area contributed by atoms with Crippen molar-refractivity contribution < 1.29 is 13.9 Å². The Kier molecular flexibility index (Phi) is 3.71. The number of hydrogen-bond acceptors (Lipinski definition) is 5. The number of aryl methyl sites for hydroxylation is 1. The molecule has 0 aliphatic rings. The van der Waals surface area contributed by atoms with Crippen LogP contribution in [-0.2, 0) is 0 Å². The molecule has 0 aliphatic heterocycles. The van der Waals surface area contributed by atoms with Gasteiger partial charge in [0.25, 0.3) is 0 Å². The van der Waals surface area contributed by atoms with E-state index in [1.165, 1.54) is 25.4 Å². The minimum Gasteiger partial charge on any atom is -0.467 e. The van der Waals surface area contributed by atoms with Crippen molar-refractivity contribution in [1.82, 2.24) is 9.97 Å². The van der Waals surface area contributed by atoms with Crippen LogP contribution in [0.25, 0.3) is 0 Å². The molecule has 5 nitrogen and oxygen atoms in total. The summed E-state index contributed by atoms with van der Waals surface area (Å²) in [7, 11) is 1.40. The number of benzene rings is 1. The lowest BCUT2D eigenvalue weighted by atomic mass is 10.2. The molecule has 0 spiro atoms. The first kappa shape index (κ1) is 13.4. The number of rotatable bonds is 3. The summed E-state index contributed by atoms with van der Waals surface area (Å²) in [5.41, 5.74) is 6.62. The third-order valence-electron chi connectivity index (χ3n) is 2.40. The summed E-state index contributed by atoms with van der Waals surface area (Å²) in [5.74, 6) is -0.609. The zero-order valence-electron chi connectivity index (χ0n) is 10.3. The van der Waals surface area contributed by atoms with Crippen molar-refractivity contribution in [2.24, 2.45) is 0 Å². The van der Waals surface area contributed by atoms with Crippen molar-refractivity contribution in [2.45, 2.75) is 6.92 Å². The molecule has 0 aliphatic carbocycles. The number of ether oxygens (including phenoxy) is 2. The fourth-order valence-electron chi connectivity index (χ4n) is 1.36. The molecule has 0 unspecified atom stereocenters. The van der Waals surface area contributed by atoms with Gasteiger partial charge in [-0.15, -0.1) is 0 Å². The average Bonchev–Trinajstić information content (AvgIpc) is 2.38. The third kappa shape index (κ3) is 2.85. The Bertz CT molecular complexity index is 622. The van der Waals surface area contributed by atoms with Crippen LogP contribution in [0.15, 0.2) is 18.3 Å². The number of nitrogens with zero attached hydrogens (tertiary/aromatic N) is 2. The van der Waals surface area contributed by atoms with Crippen LogP contribution < -0.4 is 15.2 Å². The summed E-state index contributed by atoms with van der Waals surface area (Å²) in [6.45, 7) is 1.74. The molecule has 19 heavy (non-hydrogen) atoms. The average molecular weight is 284 g/mol. The predicted octanol–water partition coefficient (Wildman–Crippen LogP) is 2.96. The van der Waals surface area contributed by atoms with Gasteiger partial charge < -0.3 is 15.2 Å². The third-order valence-corrected chi connectivity index (χ3v) is 2.66. The van der Waals surface area contributed by atoms with Gasteiger partial charge in [-0.2, -0.15) is 4.98 Å². The molecule has 2 aromatic rings. The molecule has 0 bridgehead atoms. The molecule has 100 valence electrons.